The van der Waals surface area contributed by atoms with Gasteiger partial charge in [0.05, 0.1) is 0 Å². The van der Waals surface area contributed by atoms with Gasteiger partial charge in [0, 0.05) is 6.61 Å². The molecule has 0 aromatic heterocycles. The van der Waals surface area contributed by atoms with Crippen LogP contribution in [0.25, 0.3) is 0 Å². The zero-order chi connectivity index (χ0) is 10.6. The molecule has 82 valence electrons. The quantitative estimate of drug-likeness (QED) is 0.757. The topological polar surface area (TPSA) is 46.5 Å². The van der Waals surface area contributed by atoms with Gasteiger partial charge in [-0.1, -0.05) is 19.8 Å². The second kappa shape index (κ2) is 5.35. The van der Waals surface area contributed by atoms with E-state index in [9.17, 15) is 4.79 Å². The lowest BCUT2D eigenvalue weighted by Crippen LogP contribution is -2.35. The van der Waals surface area contributed by atoms with E-state index < -0.39 is 12.1 Å². The fourth-order valence-electron chi connectivity index (χ4n) is 2.34. The van der Waals surface area contributed by atoms with E-state index in [-0.39, 0.29) is 5.92 Å². The second-order valence-electron chi connectivity index (χ2n) is 4.25. The van der Waals surface area contributed by atoms with Gasteiger partial charge in [-0.15, -0.1) is 0 Å². The van der Waals surface area contributed by atoms with Crippen LogP contribution in [0.3, 0.4) is 0 Å². The monoisotopic (exact) mass is 200 g/mol. The summed E-state index contributed by atoms with van der Waals surface area (Å²) in [6.07, 6.45) is 3.79. The standard InChI is InChI=1S/C11H20O3/c1-3-14-10(11(12)13)9-6-4-5-8(2)7-9/h8-10H,3-7H2,1-2H3,(H,12,13). The normalized spacial score (nSPS) is 29.9. The predicted octanol–water partition coefficient (Wildman–Crippen LogP) is 2.30. The van der Waals surface area contributed by atoms with Crippen LogP contribution in [-0.2, 0) is 9.53 Å². The van der Waals surface area contributed by atoms with Gasteiger partial charge < -0.3 is 9.84 Å². The van der Waals surface area contributed by atoms with Crippen LogP contribution in [-0.4, -0.2) is 23.8 Å². The number of hydrogen-bond donors (Lipinski definition) is 1. The fourth-order valence-corrected chi connectivity index (χ4v) is 2.34. The number of aliphatic carboxylic acids is 1. The Bertz CT molecular complexity index is 191. The smallest absolute Gasteiger partial charge is 0.333 e. The number of hydrogen-bond acceptors (Lipinski definition) is 2. The van der Waals surface area contributed by atoms with E-state index in [2.05, 4.69) is 6.92 Å². The third-order valence-corrected chi connectivity index (χ3v) is 2.99. The Morgan fingerprint density at radius 1 is 1.57 bits per heavy atom. The molecule has 0 bridgehead atoms. The van der Waals surface area contributed by atoms with Crippen LogP contribution in [0, 0.1) is 11.8 Å². The third kappa shape index (κ3) is 2.98. The number of ether oxygens (including phenoxy) is 1. The number of rotatable bonds is 4. The summed E-state index contributed by atoms with van der Waals surface area (Å²) in [6, 6.07) is 0. The van der Waals surface area contributed by atoms with Gasteiger partial charge in [0.15, 0.2) is 6.10 Å². The minimum absolute atomic E-state index is 0.219. The summed E-state index contributed by atoms with van der Waals surface area (Å²) >= 11 is 0. The Labute approximate surface area is 85.5 Å². The lowest BCUT2D eigenvalue weighted by Gasteiger charge is -2.30. The van der Waals surface area contributed by atoms with Crippen molar-refractivity contribution < 1.29 is 14.6 Å². The molecule has 1 saturated carbocycles. The molecule has 1 rings (SSSR count). The van der Waals surface area contributed by atoms with Crippen molar-refractivity contribution in [2.45, 2.75) is 45.6 Å². The Balaban J connectivity index is 2.53. The fraction of sp³-hybridized carbons (Fsp3) is 0.909. The van der Waals surface area contributed by atoms with Crippen molar-refractivity contribution >= 4 is 5.97 Å². The maximum atomic E-state index is 11.0. The molecular formula is C11H20O3. The molecule has 0 aromatic rings. The van der Waals surface area contributed by atoms with E-state index >= 15 is 0 Å². The molecule has 0 saturated heterocycles. The largest absolute Gasteiger partial charge is 0.479 e. The van der Waals surface area contributed by atoms with E-state index in [0.29, 0.717) is 12.5 Å². The van der Waals surface area contributed by atoms with E-state index in [0.717, 1.165) is 19.3 Å². The van der Waals surface area contributed by atoms with E-state index in [1.54, 1.807) is 0 Å². The highest BCUT2D eigenvalue weighted by Gasteiger charge is 2.31. The Morgan fingerprint density at radius 2 is 2.29 bits per heavy atom. The zero-order valence-electron chi connectivity index (χ0n) is 9.03. The third-order valence-electron chi connectivity index (χ3n) is 2.99. The van der Waals surface area contributed by atoms with Gasteiger partial charge in [-0.3, -0.25) is 0 Å². The van der Waals surface area contributed by atoms with Crippen LogP contribution in [0.1, 0.15) is 39.5 Å². The van der Waals surface area contributed by atoms with Crippen molar-refractivity contribution in [1.29, 1.82) is 0 Å². The maximum Gasteiger partial charge on any atom is 0.333 e. The molecule has 0 heterocycles. The minimum Gasteiger partial charge on any atom is -0.479 e. The summed E-state index contributed by atoms with van der Waals surface area (Å²) in [7, 11) is 0. The average Bonchev–Trinajstić information content (AvgIpc) is 2.13. The lowest BCUT2D eigenvalue weighted by molar-refractivity contribution is -0.155. The summed E-state index contributed by atoms with van der Waals surface area (Å²) in [5.41, 5.74) is 0. The van der Waals surface area contributed by atoms with Gasteiger partial charge in [0.25, 0.3) is 0 Å². The second-order valence-corrected chi connectivity index (χ2v) is 4.25. The number of carboxylic acids is 1. The van der Waals surface area contributed by atoms with Gasteiger partial charge >= 0.3 is 5.97 Å². The van der Waals surface area contributed by atoms with Crippen molar-refractivity contribution in [3.05, 3.63) is 0 Å². The summed E-state index contributed by atoms with van der Waals surface area (Å²) in [6.45, 7) is 4.53. The maximum absolute atomic E-state index is 11.0. The van der Waals surface area contributed by atoms with Crippen molar-refractivity contribution in [1.82, 2.24) is 0 Å². The van der Waals surface area contributed by atoms with Gasteiger partial charge in [-0.25, -0.2) is 4.79 Å². The molecule has 0 radical (unpaired) electrons. The average molecular weight is 200 g/mol. The molecule has 0 aliphatic heterocycles. The highest BCUT2D eigenvalue weighted by molar-refractivity contribution is 5.72. The molecule has 1 aliphatic rings. The highest BCUT2D eigenvalue weighted by atomic mass is 16.5. The lowest BCUT2D eigenvalue weighted by atomic mass is 9.79. The molecule has 3 unspecified atom stereocenters. The van der Waals surface area contributed by atoms with Crippen LogP contribution in [0.4, 0.5) is 0 Å². The Hall–Kier alpha value is -0.570. The van der Waals surface area contributed by atoms with Crippen LogP contribution < -0.4 is 0 Å². The van der Waals surface area contributed by atoms with Crippen molar-refractivity contribution in [3.8, 4) is 0 Å². The molecule has 0 amide bonds. The molecule has 3 heteroatoms. The van der Waals surface area contributed by atoms with Crippen LogP contribution in [0.2, 0.25) is 0 Å². The predicted molar refractivity (Wildman–Crippen MR) is 54.2 cm³/mol. The van der Waals surface area contributed by atoms with E-state index in [4.69, 9.17) is 9.84 Å². The molecule has 0 spiro atoms. The molecule has 3 atom stereocenters. The first-order valence-electron chi connectivity index (χ1n) is 5.49. The summed E-state index contributed by atoms with van der Waals surface area (Å²) in [4.78, 5) is 11.0. The molecule has 3 nitrogen and oxygen atoms in total. The summed E-state index contributed by atoms with van der Waals surface area (Å²) in [5, 5.41) is 9.02. The first-order valence-corrected chi connectivity index (χ1v) is 5.49. The van der Waals surface area contributed by atoms with Crippen molar-refractivity contribution in [2.24, 2.45) is 11.8 Å². The summed E-state index contributed by atoms with van der Waals surface area (Å²) in [5.74, 6) is 0.0678. The number of carbonyl (C=O) groups is 1. The summed E-state index contributed by atoms with van der Waals surface area (Å²) < 4.78 is 5.29. The van der Waals surface area contributed by atoms with E-state index in [1.807, 2.05) is 6.92 Å². The molecule has 1 aliphatic carbocycles. The Morgan fingerprint density at radius 3 is 2.79 bits per heavy atom. The van der Waals surface area contributed by atoms with Crippen LogP contribution in [0.5, 0.6) is 0 Å². The van der Waals surface area contributed by atoms with Gasteiger partial charge in [-0.2, -0.15) is 0 Å². The number of carboxylic acid groups (broad SMARTS) is 1. The van der Waals surface area contributed by atoms with Crippen LogP contribution in [0.15, 0.2) is 0 Å². The molecule has 0 aromatic carbocycles. The van der Waals surface area contributed by atoms with Gasteiger partial charge in [-0.05, 0) is 31.6 Å². The molecule has 1 fully saturated rings. The molecule has 1 N–H and O–H groups in total. The van der Waals surface area contributed by atoms with Crippen LogP contribution >= 0.6 is 0 Å². The van der Waals surface area contributed by atoms with Gasteiger partial charge in [0.1, 0.15) is 0 Å². The molecule has 14 heavy (non-hydrogen) atoms. The first-order chi connectivity index (χ1) is 6.65. The minimum atomic E-state index is -0.800. The SMILES string of the molecule is CCOC(C(=O)O)C1CCCC(C)C1. The van der Waals surface area contributed by atoms with Crippen molar-refractivity contribution in [2.75, 3.05) is 6.61 Å². The van der Waals surface area contributed by atoms with E-state index in [1.165, 1.54) is 6.42 Å². The zero-order valence-corrected chi connectivity index (χ0v) is 9.03. The Kier molecular flexibility index (Phi) is 4.39. The highest BCUT2D eigenvalue weighted by Crippen LogP contribution is 2.32. The molecular weight excluding hydrogens is 180 g/mol. The first kappa shape index (κ1) is 11.5. The van der Waals surface area contributed by atoms with Crippen molar-refractivity contribution in [3.63, 3.8) is 0 Å². The van der Waals surface area contributed by atoms with Gasteiger partial charge in [0.2, 0.25) is 0 Å².